The van der Waals surface area contributed by atoms with E-state index in [4.69, 9.17) is 4.74 Å². The van der Waals surface area contributed by atoms with E-state index in [2.05, 4.69) is 55.8 Å². The largest absolute Gasteiger partial charge is 0.367 e. The van der Waals surface area contributed by atoms with E-state index in [0.717, 1.165) is 11.8 Å². The van der Waals surface area contributed by atoms with Gasteiger partial charge in [-0.15, -0.1) is 0 Å². The van der Waals surface area contributed by atoms with Crippen LogP contribution in [0.5, 0.6) is 0 Å². The Morgan fingerprint density at radius 1 is 1.18 bits per heavy atom. The van der Waals surface area contributed by atoms with E-state index in [1.54, 1.807) is 0 Å². The van der Waals surface area contributed by atoms with E-state index < -0.39 is 0 Å². The highest BCUT2D eigenvalue weighted by Gasteiger charge is 2.46. The molecule has 98 valence electrons. The van der Waals surface area contributed by atoms with Gasteiger partial charge in [-0.05, 0) is 53.4 Å². The normalized spacial score (nSPS) is 23.9. The van der Waals surface area contributed by atoms with E-state index in [1.165, 1.54) is 30.4 Å². The van der Waals surface area contributed by atoms with Crippen molar-refractivity contribution in [3.8, 4) is 0 Å². The van der Waals surface area contributed by atoms with Gasteiger partial charge in [0, 0.05) is 5.33 Å². The van der Waals surface area contributed by atoms with E-state index >= 15 is 0 Å². The zero-order chi connectivity index (χ0) is 12.9. The Bertz CT molecular complexity index is 302. The highest BCUT2D eigenvalue weighted by atomic mass is 79.9. The van der Waals surface area contributed by atoms with Crippen molar-refractivity contribution in [2.75, 3.05) is 5.33 Å². The first-order chi connectivity index (χ1) is 7.95. The molecule has 17 heavy (non-hydrogen) atoms. The van der Waals surface area contributed by atoms with Crippen molar-refractivity contribution in [1.29, 1.82) is 0 Å². The molecule has 0 amide bonds. The van der Waals surface area contributed by atoms with Crippen LogP contribution in [-0.2, 0) is 4.74 Å². The number of rotatable bonds is 7. The summed E-state index contributed by atoms with van der Waals surface area (Å²) in [6.45, 7) is 8.78. The van der Waals surface area contributed by atoms with Gasteiger partial charge in [-0.25, -0.2) is 0 Å². The minimum atomic E-state index is 0.148. The van der Waals surface area contributed by atoms with Crippen molar-refractivity contribution in [3.05, 3.63) is 23.3 Å². The van der Waals surface area contributed by atoms with E-state index in [1.807, 2.05) is 0 Å². The van der Waals surface area contributed by atoms with Gasteiger partial charge in [0.1, 0.15) is 0 Å². The zero-order valence-corrected chi connectivity index (χ0v) is 13.1. The summed E-state index contributed by atoms with van der Waals surface area (Å²) in [5.74, 6) is 0. The molecule has 1 aliphatic rings. The SMILES string of the molecule is C/C(=C\CBr)CC/C=C(\C)CC[C@@H]1OC1(C)C. The Morgan fingerprint density at radius 3 is 2.29 bits per heavy atom. The molecule has 0 spiro atoms. The van der Waals surface area contributed by atoms with Gasteiger partial charge in [-0.2, -0.15) is 0 Å². The lowest BCUT2D eigenvalue weighted by molar-refractivity contribution is 0.320. The van der Waals surface area contributed by atoms with Crippen LogP contribution in [0.3, 0.4) is 0 Å². The predicted molar refractivity (Wildman–Crippen MR) is 78.7 cm³/mol. The molecule has 0 aromatic carbocycles. The van der Waals surface area contributed by atoms with Crippen molar-refractivity contribution in [1.82, 2.24) is 0 Å². The van der Waals surface area contributed by atoms with Gasteiger partial charge in [0.2, 0.25) is 0 Å². The van der Waals surface area contributed by atoms with Crippen molar-refractivity contribution < 1.29 is 4.74 Å². The van der Waals surface area contributed by atoms with Gasteiger partial charge >= 0.3 is 0 Å². The van der Waals surface area contributed by atoms with E-state index in [-0.39, 0.29) is 5.60 Å². The van der Waals surface area contributed by atoms with E-state index in [0.29, 0.717) is 6.10 Å². The quantitative estimate of drug-likeness (QED) is 0.366. The van der Waals surface area contributed by atoms with Crippen LogP contribution in [0.1, 0.15) is 53.4 Å². The van der Waals surface area contributed by atoms with Crippen LogP contribution in [0, 0.1) is 0 Å². The smallest absolute Gasteiger partial charge is 0.0892 e. The highest BCUT2D eigenvalue weighted by Crippen LogP contribution is 2.38. The standard InChI is InChI=1S/C15H25BrO/c1-12(6-5-7-13(2)10-11-16)8-9-14-15(3,4)17-14/h6,10,14H,5,7-9,11H2,1-4H3/b12-6+,13-10+/t14-/m0/s1. The molecule has 1 saturated heterocycles. The Kier molecular flexibility index (Phi) is 5.94. The topological polar surface area (TPSA) is 12.5 Å². The average Bonchev–Trinajstić information content (AvgIpc) is 2.84. The minimum absolute atomic E-state index is 0.148. The average molecular weight is 301 g/mol. The number of epoxide rings is 1. The van der Waals surface area contributed by atoms with Crippen molar-refractivity contribution in [2.45, 2.75) is 65.1 Å². The minimum Gasteiger partial charge on any atom is -0.367 e. The third kappa shape index (κ3) is 5.87. The molecule has 0 unspecified atom stereocenters. The fourth-order valence-corrected chi connectivity index (χ4v) is 2.53. The first-order valence-corrected chi connectivity index (χ1v) is 7.63. The second kappa shape index (κ2) is 6.75. The molecule has 0 aromatic rings. The lowest BCUT2D eigenvalue weighted by Crippen LogP contribution is -2.02. The second-order valence-corrected chi connectivity index (χ2v) is 6.19. The molecule has 0 N–H and O–H groups in total. The Labute approximate surface area is 114 Å². The second-order valence-electron chi connectivity index (χ2n) is 5.54. The molecule has 0 aromatic heterocycles. The molecule has 1 heterocycles. The molecular weight excluding hydrogens is 276 g/mol. The number of alkyl halides is 1. The fraction of sp³-hybridized carbons (Fsp3) is 0.733. The van der Waals surface area contributed by atoms with Crippen LogP contribution in [-0.4, -0.2) is 17.0 Å². The van der Waals surface area contributed by atoms with Crippen LogP contribution < -0.4 is 0 Å². The maximum atomic E-state index is 5.59. The summed E-state index contributed by atoms with van der Waals surface area (Å²) in [5, 5.41) is 0.968. The van der Waals surface area contributed by atoms with Crippen LogP contribution in [0.15, 0.2) is 23.3 Å². The fourth-order valence-electron chi connectivity index (χ4n) is 1.98. The van der Waals surface area contributed by atoms with Crippen molar-refractivity contribution in [3.63, 3.8) is 0 Å². The van der Waals surface area contributed by atoms with Crippen LogP contribution in [0.25, 0.3) is 0 Å². The molecular formula is C15H25BrO. The van der Waals surface area contributed by atoms with Crippen molar-refractivity contribution >= 4 is 15.9 Å². The summed E-state index contributed by atoms with van der Waals surface area (Å²) in [7, 11) is 0. The maximum absolute atomic E-state index is 5.59. The number of hydrogen-bond acceptors (Lipinski definition) is 1. The summed E-state index contributed by atoms with van der Waals surface area (Å²) >= 11 is 3.42. The van der Waals surface area contributed by atoms with Crippen LogP contribution >= 0.6 is 15.9 Å². The molecule has 0 radical (unpaired) electrons. The van der Waals surface area contributed by atoms with Gasteiger partial charge in [-0.1, -0.05) is 39.2 Å². The molecule has 0 saturated carbocycles. The van der Waals surface area contributed by atoms with Gasteiger partial charge in [0.25, 0.3) is 0 Å². The number of ether oxygens (including phenoxy) is 1. The first-order valence-electron chi connectivity index (χ1n) is 6.50. The predicted octanol–water partition coefficient (Wildman–Crippen LogP) is 5.01. The highest BCUT2D eigenvalue weighted by molar-refractivity contribution is 9.09. The molecule has 0 bridgehead atoms. The molecule has 1 atom stereocenters. The van der Waals surface area contributed by atoms with Gasteiger partial charge in [0.05, 0.1) is 11.7 Å². The molecule has 0 aliphatic carbocycles. The molecule has 1 rings (SSSR count). The summed E-state index contributed by atoms with van der Waals surface area (Å²) in [4.78, 5) is 0. The maximum Gasteiger partial charge on any atom is 0.0892 e. The summed E-state index contributed by atoms with van der Waals surface area (Å²) in [5.41, 5.74) is 3.12. The monoisotopic (exact) mass is 300 g/mol. The summed E-state index contributed by atoms with van der Waals surface area (Å²) in [6.07, 6.45) is 9.79. The zero-order valence-electron chi connectivity index (χ0n) is 11.6. The Morgan fingerprint density at radius 2 is 1.76 bits per heavy atom. The molecule has 1 aliphatic heterocycles. The lowest BCUT2D eigenvalue weighted by atomic mass is 10.0. The number of hydrogen-bond donors (Lipinski definition) is 0. The van der Waals surface area contributed by atoms with E-state index in [9.17, 15) is 0 Å². The summed E-state index contributed by atoms with van der Waals surface area (Å²) < 4.78 is 5.59. The molecule has 1 fully saturated rings. The third-order valence-electron chi connectivity index (χ3n) is 3.42. The summed E-state index contributed by atoms with van der Waals surface area (Å²) in [6, 6.07) is 0. The van der Waals surface area contributed by atoms with Crippen LogP contribution in [0.2, 0.25) is 0 Å². The number of allylic oxidation sites excluding steroid dienone is 4. The Balaban J connectivity index is 2.15. The lowest BCUT2D eigenvalue weighted by Gasteiger charge is -2.01. The third-order valence-corrected chi connectivity index (χ3v) is 3.75. The van der Waals surface area contributed by atoms with Crippen LogP contribution in [0.4, 0.5) is 0 Å². The van der Waals surface area contributed by atoms with Crippen molar-refractivity contribution in [2.24, 2.45) is 0 Å². The molecule has 2 heteroatoms. The van der Waals surface area contributed by atoms with Gasteiger partial charge in [-0.3, -0.25) is 0 Å². The van der Waals surface area contributed by atoms with Gasteiger partial charge in [0.15, 0.2) is 0 Å². The first kappa shape index (κ1) is 15.0. The Hall–Kier alpha value is -0.0800. The molecule has 1 nitrogen and oxygen atoms in total. The number of halogens is 1. The van der Waals surface area contributed by atoms with Gasteiger partial charge < -0.3 is 4.74 Å².